The number of carbonyl (C=O) groups excluding carboxylic acids is 2. The zero-order valence-corrected chi connectivity index (χ0v) is 14.0. The Bertz CT molecular complexity index is 679. The third kappa shape index (κ3) is 4.84. The summed E-state index contributed by atoms with van der Waals surface area (Å²) in [5, 5.41) is 0. The first-order valence-electron chi connectivity index (χ1n) is 7.97. The Kier molecular flexibility index (Phi) is 6.37. The number of nitrogens with one attached hydrogen (secondary N) is 2. The second-order valence-corrected chi connectivity index (χ2v) is 5.44. The summed E-state index contributed by atoms with van der Waals surface area (Å²) in [6.45, 7) is 2.15. The number of carbonyl (C=O) groups is 2. The number of aryl methyl sites for hydroxylation is 1. The predicted molar refractivity (Wildman–Crippen MR) is 93.0 cm³/mol. The molecule has 2 amide bonds. The normalized spacial score (nSPS) is 10.1. The van der Waals surface area contributed by atoms with Crippen LogP contribution in [0.15, 0.2) is 48.5 Å². The fourth-order valence-corrected chi connectivity index (χ4v) is 2.20. The first-order valence-corrected chi connectivity index (χ1v) is 7.97. The van der Waals surface area contributed by atoms with Gasteiger partial charge in [-0.1, -0.05) is 25.5 Å². The van der Waals surface area contributed by atoms with E-state index < -0.39 is 0 Å². The number of ether oxygens (including phenoxy) is 1. The molecule has 0 aliphatic rings. The molecule has 2 aromatic rings. The van der Waals surface area contributed by atoms with E-state index in [1.165, 1.54) is 5.56 Å². The van der Waals surface area contributed by atoms with Gasteiger partial charge < -0.3 is 4.74 Å². The van der Waals surface area contributed by atoms with E-state index in [1.807, 2.05) is 12.1 Å². The lowest BCUT2D eigenvalue weighted by molar-refractivity contribution is 0.0846. The van der Waals surface area contributed by atoms with Gasteiger partial charge in [0.1, 0.15) is 5.75 Å². The Balaban J connectivity index is 1.88. The second-order valence-electron chi connectivity index (χ2n) is 5.44. The van der Waals surface area contributed by atoms with E-state index in [2.05, 4.69) is 17.8 Å². The maximum atomic E-state index is 12.1. The Hall–Kier alpha value is -2.82. The molecule has 0 radical (unpaired) electrons. The summed E-state index contributed by atoms with van der Waals surface area (Å²) in [5.41, 5.74) is 6.97. The molecule has 2 aromatic carbocycles. The third-order valence-corrected chi connectivity index (χ3v) is 3.68. The van der Waals surface area contributed by atoms with E-state index in [1.54, 1.807) is 43.5 Å². The average molecular weight is 326 g/mol. The van der Waals surface area contributed by atoms with Crippen molar-refractivity contribution in [2.45, 2.75) is 26.2 Å². The maximum Gasteiger partial charge on any atom is 0.269 e. The zero-order chi connectivity index (χ0) is 17.4. The van der Waals surface area contributed by atoms with E-state index in [0.717, 1.165) is 19.3 Å². The van der Waals surface area contributed by atoms with E-state index >= 15 is 0 Å². The molecule has 0 saturated heterocycles. The third-order valence-electron chi connectivity index (χ3n) is 3.68. The number of unbranched alkanes of at least 4 members (excludes halogenated alkanes) is 1. The van der Waals surface area contributed by atoms with E-state index in [4.69, 9.17) is 4.74 Å². The molecule has 24 heavy (non-hydrogen) atoms. The van der Waals surface area contributed by atoms with Crippen molar-refractivity contribution in [2.24, 2.45) is 0 Å². The summed E-state index contributed by atoms with van der Waals surface area (Å²) in [6, 6.07) is 14.0. The number of hydrogen-bond acceptors (Lipinski definition) is 3. The lowest BCUT2D eigenvalue weighted by Gasteiger charge is -2.08. The van der Waals surface area contributed by atoms with Crippen LogP contribution in [0.5, 0.6) is 5.75 Å². The fourth-order valence-electron chi connectivity index (χ4n) is 2.20. The fraction of sp³-hybridized carbons (Fsp3) is 0.263. The van der Waals surface area contributed by atoms with Gasteiger partial charge in [0.2, 0.25) is 0 Å². The molecule has 0 heterocycles. The highest BCUT2D eigenvalue weighted by Crippen LogP contribution is 2.11. The maximum absolute atomic E-state index is 12.1. The minimum absolute atomic E-state index is 0.348. The minimum atomic E-state index is -0.384. The molecule has 0 saturated carbocycles. The van der Waals surface area contributed by atoms with Crippen LogP contribution < -0.4 is 15.6 Å². The van der Waals surface area contributed by atoms with Crippen molar-refractivity contribution in [1.29, 1.82) is 0 Å². The molecule has 126 valence electrons. The highest BCUT2D eigenvalue weighted by atomic mass is 16.5. The smallest absolute Gasteiger partial charge is 0.269 e. The molecule has 0 spiro atoms. The van der Waals surface area contributed by atoms with Crippen molar-refractivity contribution in [2.75, 3.05) is 7.11 Å². The average Bonchev–Trinajstić information content (AvgIpc) is 2.64. The van der Waals surface area contributed by atoms with E-state index in [-0.39, 0.29) is 11.8 Å². The van der Waals surface area contributed by atoms with Gasteiger partial charge in [0.25, 0.3) is 11.8 Å². The molecule has 0 unspecified atom stereocenters. The van der Waals surface area contributed by atoms with Gasteiger partial charge in [0.15, 0.2) is 0 Å². The van der Waals surface area contributed by atoms with Crippen LogP contribution in [0.2, 0.25) is 0 Å². The lowest BCUT2D eigenvalue weighted by atomic mass is 10.1. The molecule has 2 rings (SSSR count). The van der Waals surface area contributed by atoms with Crippen LogP contribution >= 0.6 is 0 Å². The standard InChI is InChI=1S/C19H22N2O3/c1-3-4-5-14-6-8-15(9-7-14)18(22)20-21-19(23)16-10-12-17(24-2)13-11-16/h6-13H,3-5H2,1-2H3,(H,20,22)(H,21,23). The molecular weight excluding hydrogens is 304 g/mol. The van der Waals surface area contributed by atoms with Crippen molar-refractivity contribution in [3.05, 3.63) is 65.2 Å². The summed E-state index contributed by atoms with van der Waals surface area (Å²) in [6.07, 6.45) is 3.27. The van der Waals surface area contributed by atoms with Gasteiger partial charge in [-0.05, 0) is 54.8 Å². The van der Waals surface area contributed by atoms with Gasteiger partial charge in [-0.3, -0.25) is 20.4 Å². The van der Waals surface area contributed by atoms with Crippen molar-refractivity contribution < 1.29 is 14.3 Å². The summed E-state index contributed by atoms with van der Waals surface area (Å²) in [5.74, 6) is -0.0665. The molecule has 0 aliphatic heterocycles. The Morgan fingerprint density at radius 1 is 0.875 bits per heavy atom. The Labute approximate surface area is 142 Å². The van der Waals surface area contributed by atoms with Crippen molar-refractivity contribution in [1.82, 2.24) is 10.9 Å². The van der Waals surface area contributed by atoms with Gasteiger partial charge in [-0.15, -0.1) is 0 Å². The Morgan fingerprint density at radius 2 is 1.38 bits per heavy atom. The molecule has 0 fully saturated rings. The molecule has 0 bridgehead atoms. The van der Waals surface area contributed by atoms with Gasteiger partial charge >= 0.3 is 0 Å². The molecule has 0 atom stereocenters. The quantitative estimate of drug-likeness (QED) is 0.802. The molecule has 2 N–H and O–H groups in total. The molecule has 0 aromatic heterocycles. The minimum Gasteiger partial charge on any atom is -0.497 e. The SMILES string of the molecule is CCCCc1ccc(C(=O)NNC(=O)c2ccc(OC)cc2)cc1. The largest absolute Gasteiger partial charge is 0.497 e. The highest BCUT2D eigenvalue weighted by molar-refractivity contribution is 5.99. The molecule has 5 heteroatoms. The van der Waals surface area contributed by atoms with E-state index in [0.29, 0.717) is 16.9 Å². The topological polar surface area (TPSA) is 67.4 Å². The number of hydrogen-bond donors (Lipinski definition) is 2. The summed E-state index contributed by atoms with van der Waals surface area (Å²) >= 11 is 0. The van der Waals surface area contributed by atoms with Crippen LogP contribution in [0.3, 0.4) is 0 Å². The first kappa shape index (κ1) is 17.5. The van der Waals surface area contributed by atoms with Crippen LogP contribution in [0.25, 0.3) is 0 Å². The molecule has 5 nitrogen and oxygen atoms in total. The number of hydrazine groups is 1. The van der Waals surface area contributed by atoms with Crippen LogP contribution in [-0.2, 0) is 6.42 Å². The lowest BCUT2D eigenvalue weighted by Crippen LogP contribution is -2.41. The second kappa shape index (κ2) is 8.72. The number of benzene rings is 2. The number of amides is 2. The van der Waals surface area contributed by atoms with Crippen LogP contribution in [0.1, 0.15) is 46.0 Å². The Morgan fingerprint density at radius 3 is 1.83 bits per heavy atom. The number of methoxy groups -OCH3 is 1. The predicted octanol–water partition coefficient (Wildman–Crippen LogP) is 3.11. The van der Waals surface area contributed by atoms with Crippen molar-refractivity contribution in [3.63, 3.8) is 0 Å². The van der Waals surface area contributed by atoms with Gasteiger partial charge in [0.05, 0.1) is 7.11 Å². The highest BCUT2D eigenvalue weighted by Gasteiger charge is 2.09. The molecular formula is C19H22N2O3. The zero-order valence-electron chi connectivity index (χ0n) is 14.0. The first-order chi connectivity index (χ1) is 11.6. The summed E-state index contributed by atoms with van der Waals surface area (Å²) in [4.78, 5) is 24.0. The summed E-state index contributed by atoms with van der Waals surface area (Å²) < 4.78 is 5.04. The van der Waals surface area contributed by atoms with Crippen molar-refractivity contribution >= 4 is 11.8 Å². The van der Waals surface area contributed by atoms with Gasteiger partial charge in [-0.2, -0.15) is 0 Å². The van der Waals surface area contributed by atoms with Gasteiger partial charge in [-0.25, -0.2) is 0 Å². The van der Waals surface area contributed by atoms with Gasteiger partial charge in [0, 0.05) is 11.1 Å². The monoisotopic (exact) mass is 326 g/mol. The summed E-state index contributed by atoms with van der Waals surface area (Å²) in [7, 11) is 1.56. The van der Waals surface area contributed by atoms with Crippen LogP contribution in [-0.4, -0.2) is 18.9 Å². The van der Waals surface area contributed by atoms with Crippen LogP contribution in [0.4, 0.5) is 0 Å². The molecule has 0 aliphatic carbocycles. The number of rotatable bonds is 6. The van der Waals surface area contributed by atoms with Crippen molar-refractivity contribution in [3.8, 4) is 5.75 Å². The van der Waals surface area contributed by atoms with Crippen LogP contribution in [0, 0.1) is 0 Å². The van der Waals surface area contributed by atoms with E-state index in [9.17, 15) is 9.59 Å².